The van der Waals surface area contributed by atoms with Crippen LogP contribution in [0.5, 0.6) is 0 Å². The summed E-state index contributed by atoms with van der Waals surface area (Å²) in [4.78, 5) is 7.75. The van der Waals surface area contributed by atoms with E-state index in [0.717, 1.165) is 5.56 Å². The molecule has 0 aliphatic carbocycles. The molecule has 0 saturated carbocycles. The lowest BCUT2D eigenvalue weighted by atomic mass is 10.1. The van der Waals surface area contributed by atoms with Crippen LogP contribution in [0.4, 0.5) is 5.95 Å². The van der Waals surface area contributed by atoms with E-state index in [4.69, 9.17) is 0 Å². The van der Waals surface area contributed by atoms with Gasteiger partial charge in [-0.05, 0) is 6.07 Å². The Morgan fingerprint density at radius 1 is 1.06 bits per heavy atom. The fraction of sp³-hybridized carbons (Fsp3) is 0. The van der Waals surface area contributed by atoms with Gasteiger partial charge in [-0.15, -0.1) is 0 Å². The average Bonchev–Trinajstić information content (AvgIpc) is 2.30. The Labute approximate surface area is 93.5 Å². The molecule has 1 aromatic carbocycles. The Morgan fingerprint density at radius 3 is 2.50 bits per heavy atom. The second-order valence-corrected chi connectivity index (χ2v) is 3.53. The molecule has 0 radical (unpaired) electrons. The molecule has 1 aromatic heterocycles. The summed E-state index contributed by atoms with van der Waals surface area (Å²) in [6, 6.07) is 11.1. The molecule has 0 atom stereocenters. The molecule has 0 aliphatic heterocycles. The summed E-state index contributed by atoms with van der Waals surface area (Å²) >= 11 is 0. The lowest BCUT2D eigenvalue weighted by Gasteiger charge is -1.99. The molecule has 2 aromatic rings. The average molecular weight is 233 g/mol. The first-order valence-electron chi connectivity index (χ1n) is 4.45. The molecule has 5 nitrogen and oxygen atoms in total. The van der Waals surface area contributed by atoms with Crippen molar-refractivity contribution in [1.29, 1.82) is 0 Å². The van der Waals surface area contributed by atoms with Crippen molar-refractivity contribution in [2.75, 3.05) is 0 Å². The Morgan fingerprint density at radius 2 is 1.81 bits per heavy atom. The van der Waals surface area contributed by atoms with Crippen molar-refractivity contribution in [1.82, 2.24) is 9.97 Å². The monoisotopic (exact) mass is 233 g/mol. The summed E-state index contributed by atoms with van der Waals surface area (Å²) < 4.78 is 24.0. The minimum absolute atomic E-state index is 0.0605. The number of aromatic nitrogens is 2. The SMILES string of the molecule is O=S(=O)=Nc1nccc(-c2ccccc2)n1. The van der Waals surface area contributed by atoms with Crippen molar-refractivity contribution in [2.24, 2.45) is 4.36 Å². The molecule has 0 fully saturated rings. The fourth-order valence-electron chi connectivity index (χ4n) is 1.23. The highest BCUT2D eigenvalue weighted by Gasteiger charge is 2.00. The Hall–Kier alpha value is -2.08. The molecule has 2 rings (SSSR count). The number of hydrogen-bond donors (Lipinski definition) is 0. The highest BCUT2D eigenvalue weighted by molar-refractivity contribution is 7.61. The van der Waals surface area contributed by atoms with E-state index >= 15 is 0 Å². The zero-order valence-electron chi connectivity index (χ0n) is 8.11. The van der Waals surface area contributed by atoms with Crippen molar-refractivity contribution in [2.45, 2.75) is 0 Å². The van der Waals surface area contributed by atoms with Gasteiger partial charge in [-0.1, -0.05) is 34.7 Å². The molecule has 0 aliphatic rings. The summed E-state index contributed by atoms with van der Waals surface area (Å²) in [5, 5.41) is 0. The van der Waals surface area contributed by atoms with Gasteiger partial charge in [0.25, 0.3) is 5.95 Å². The van der Waals surface area contributed by atoms with Crippen molar-refractivity contribution in [3.05, 3.63) is 42.6 Å². The topological polar surface area (TPSA) is 72.3 Å². The first-order chi connectivity index (χ1) is 7.75. The maximum Gasteiger partial charge on any atom is 0.319 e. The molecule has 0 amide bonds. The third-order valence-corrected chi connectivity index (χ3v) is 2.18. The van der Waals surface area contributed by atoms with Gasteiger partial charge in [0.2, 0.25) is 0 Å². The summed E-state index contributed by atoms with van der Waals surface area (Å²) in [7, 11) is -2.53. The molecule has 0 bridgehead atoms. The molecule has 16 heavy (non-hydrogen) atoms. The molecule has 0 N–H and O–H groups in total. The highest BCUT2D eigenvalue weighted by atomic mass is 32.2. The number of nitrogens with zero attached hydrogens (tertiary/aromatic N) is 3. The van der Waals surface area contributed by atoms with Crippen molar-refractivity contribution in [3.8, 4) is 11.3 Å². The third kappa shape index (κ3) is 2.48. The third-order valence-electron chi connectivity index (χ3n) is 1.87. The molecular weight excluding hydrogens is 226 g/mol. The molecule has 0 spiro atoms. The van der Waals surface area contributed by atoms with E-state index in [9.17, 15) is 8.42 Å². The van der Waals surface area contributed by atoms with Gasteiger partial charge in [0.15, 0.2) is 0 Å². The van der Waals surface area contributed by atoms with Crippen LogP contribution in [0.2, 0.25) is 0 Å². The molecule has 0 unspecified atom stereocenters. The maximum absolute atomic E-state index is 10.4. The van der Waals surface area contributed by atoms with E-state index in [1.54, 1.807) is 6.07 Å². The van der Waals surface area contributed by atoms with Gasteiger partial charge < -0.3 is 0 Å². The lowest BCUT2D eigenvalue weighted by Crippen LogP contribution is -1.85. The van der Waals surface area contributed by atoms with E-state index < -0.39 is 10.5 Å². The first-order valence-corrected chi connectivity index (χ1v) is 5.48. The smallest absolute Gasteiger partial charge is 0.219 e. The van der Waals surface area contributed by atoms with E-state index in [2.05, 4.69) is 14.3 Å². The number of benzene rings is 1. The van der Waals surface area contributed by atoms with Crippen LogP contribution in [0.3, 0.4) is 0 Å². The zero-order valence-corrected chi connectivity index (χ0v) is 8.92. The predicted octanol–water partition coefficient (Wildman–Crippen LogP) is 1.84. The Bertz CT molecular complexity index is 616. The second-order valence-electron chi connectivity index (χ2n) is 2.92. The second kappa shape index (κ2) is 4.63. The van der Waals surface area contributed by atoms with Crippen molar-refractivity contribution < 1.29 is 8.42 Å². The van der Waals surface area contributed by atoms with E-state index in [-0.39, 0.29) is 5.95 Å². The molecule has 0 saturated heterocycles. The zero-order chi connectivity index (χ0) is 11.4. The Kier molecular flexibility index (Phi) is 3.02. The maximum atomic E-state index is 10.4. The van der Waals surface area contributed by atoms with Crippen LogP contribution in [0.25, 0.3) is 11.3 Å². The largest absolute Gasteiger partial charge is 0.319 e. The minimum atomic E-state index is -2.53. The number of hydrogen-bond acceptors (Lipinski definition) is 5. The summed E-state index contributed by atoms with van der Waals surface area (Å²) in [6.07, 6.45) is 1.47. The molecule has 1 heterocycles. The van der Waals surface area contributed by atoms with Crippen LogP contribution >= 0.6 is 0 Å². The van der Waals surface area contributed by atoms with E-state index in [1.165, 1.54) is 6.20 Å². The molecule has 80 valence electrons. The van der Waals surface area contributed by atoms with Gasteiger partial charge in [0, 0.05) is 11.8 Å². The lowest BCUT2D eigenvalue weighted by molar-refractivity contribution is 0.622. The van der Waals surface area contributed by atoms with Crippen LogP contribution in [-0.4, -0.2) is 18.4 Å². The van der Waals surface area contributed by atoms with E-state index in [0.29, 0.717) is 5.69 Å². The van der Waals surface area contributed by atoms with Gasteiger partial charge in [-0.2, -0.15) is 8.42 Å². The van der Waals surface area contributed by atoms with Gasteiger partial charge in [0.1, 0.15) is 0 Å². The van der Waals surface area contributed by atoms with Crippen LogP contribution in [0.15, 0.2) is 47.0 Å². The quantitative estimate of drug-likeness (QED) is 0.793. The van der Waals surface area contributed by atoms with Crippen LogP contribution in [0, 0.1) is 0 Å². The predicted molar refractivity (Wildman–Crippen MR) is 58.5 cm³/mol. The molecular formula is C10H7N3O2S. The van der Waals surface area contributed by atoms with Crippen LogP contribution in [0.1, 0.15) is 0 Å². The van der Waals surface area contributed by atoms with Crippen LogP contribution < -0.4 is 0 Å². The summed E-state index contributed by atoms with van der Waals surface area (Å²) in [5.41, 5.74) is 1.53. The van der Waals surface area contributed by atoms with Crippen LogP contribution in [-0.2, 0) is 10.5 Å². The fourth-order valence-corrected chi connectivity index (χ4v) is 1.45. The van der Waals surface area contributed by atoms with Gasteiger partial charge in [-0.3, -0.25) is 0 Å². The van der Waals surface area contributed by atoms with Gasteiger partial charge in [-0.25, -0.2) is 9.97 Å². The van der Waals surface area contributed by atoms with Gasteiger partial charge >= 0.3 is 10.5 Å². The number of rotatable bonds is 2. The summed E-state index contributed by atoms with van der Waals surface area (Å²) in [5.74, 6) is -0.0605. The molecule has 6 heteroatoms. The minimum Gasteiger partial charge on any atom is -0.219 e. The standard InChI is InChI=1S/C10H7N3O2S/c14-16(15)13-10-11-7-6-9(12-10)8-4-2-1-3-5-8/h1-7H. The first kappa shape index (κ1) is 10.4. The van der Waals surface area contributed by atoms with Crippen molar-refractivity contribution >= 4 is 16.4 Å². The normalized spacial score (nSPS) is 9.75. The highest BCUT2D eigenvalue weighted by Crippen LogP contribution is 2.17. The summed E-state index contributed by atoms with van der Waals surface area (Å²) in [6.45, 7) is 0. The Balaban J connectivity index is 2.48. The van der Waals surface area contributed by atoms with E-state index in [1.807, 2.05) is 30.3 Å². The van der Waals surface area contributed by atoms with Crippen molar-refractivity contribution in [3.63, 3.8) is 0 Å². The van der Waals surface area contributed by atoms with Gasteiger partial charge in [0.05, 0.1) is 5.69 Å².